The fourth-order valence-electron chi connectivity index (χ4n) is 3.02. The summed E-state index contributed by atoms with van der Waals surface area (Å²) in [4.78, 5) is 20.3. The Bertz CT molecular complexity index is 1180. The standard InChI is InChI=1S/C20H18BrN3O3S/c1-26-16-8-3-13(9-17(16)27-2)10-18-19(25)24-12-23(11-22-20(24)28-18)15-6-4-14(21)5-7-15/h3-10H,11-12H2,1-2H3/b18-10-. The second-order valence-electron chi connectivity index (χ2n) is 6.20. The summed E-state index contributed by atoms with van der Waals surface area (Å²) >= 11 is 4.85. The summed E-state index contributed by atoms with van der Waals surface area (Å²) in [5, 5.41) is 0. The summed E-state index contributed by atoms with van der Waals surface area (Å²) in [5.74, 6) is 1.28. The molecule has 0 radical (unpaired) electrons. The molecular weight excluding hydrogens is 442 g/mol. The van der Waals surface area contributed by atoms with Crippen LogP contribution >= 0.6 is 27.3 Å². The number of nitrogens with zero attached hydrogens (tertiary/aromatic N) is 3. The second-order valence-corrected chi connectivity index (χ2v) is 8.12. The van der Waals surface area contributed by atoms with E-state index < -0.39 is 0 Å². The van der Waals surface area contributed by atoms with E-state index >= 15 is 0 Å². The summed E-state index contributed by atoms with van der Waals surface area (Å²) < 4.78 is 14.0. The maximum absolute atomic E-state index is 12.9. The highest BCUT2D eigenvalue weighted by molar-refractivity contribution is 9.10. The van der Waals surface area contributed by atoms with Crippen LogP contribution in [0.2, 0.25) is 0 Å². The Morgan fingerprint density at radius 3 is 2.57 bits per heavy atom. The molecule has 8 heteroatoms. The van der Waals surface area contributed by atoms with Gasteiger partial charge in [-0.25, -0.2) is 4.99 Å². The van der Waals surface area contributed by atoms with E-state index in [1.807, 2.05) is 48.5 Å². The zero-order valence-corrected chi connectivity index (χ0v) is 17.8. The van der Waals surface area contributed by atoms with Gasteiger partial charge in [0.2, 0.25) is 0 Å². The zero-order valence-electron chi connectivity index (χ0n) is 15.4. The molecule has 0 atom stereocenters. The number of hydrogen-bond donors (Lipinski definition) is 0. The first-order valence-electron chi connectivity index (χ1n) is 8.57. The molecular formula is C20H18BrN3O3S. The van der Waals surface area contributed by atoms with Crippen LogP contribution in [0.15, 0.2) is 56.7 Å². The maximum Gasteiger partial charge on any atom is 0.271 e. The molecule has 3 aromatic rings. The number of aromatic nitrogens is 1. The number of thiazole rings is 1. The number of benzene rings is 2. The van der Waals surface area contributed by atoms with Crippen molar-refractivity contribution in [1.29, 1.82) is 0 Å². The summed E-state index contributed by atoms with van der Waals surface area (Å²) in [6.45, 7) is 1.01. The Kier molecular flexibility index (Phi) is 5.23. The van der Waals surface area contributed by atoms with Gasteiger partial charge in [0.25, 0.3) is 5.56 Å². The zero-order chi connectivity index (χ0) is 19.7. The van der Waals surface area contributed by atoms with Gasteiger partial charge in [-0.3, -0.25) is 9.36 Å². The number of rotatable bonds is 4. The molecule has 2 heterocycles. The third kappa shape index (κ3) is 3.57. The van der Waals surface area contributed by atoms with Crippen molar-refractivity contribution < 1.29 is 9.47 Å². The van der Waals surface area contributed by atoms with Gasteiger partial charge in [-0.1, -0.05) is 33.3 Å². The van der Waals surface area contributed by atoms with Crippen LogP contribution in [0.25, 0.3) is 6.08 Å². The number of fused-ring (bicyclic) bond motifs is 1. The molecule has 0 spiro atoms. The van der Waals surface area contributed by atoms with E-state index in [0.717, 1.165) is 20.5 Å². The average Bonchev–Trinajstić information content (AvgIpc) is 3.03. The van der Waals surface area contributed by atoms with Gasteiger partial charge < -0.3 is 14.4 Å². The molecule has 4 rings (SSSR count). The molecule has 0 N–H and O–H groups in total. The molecule has 2 aromatic carbocycles. The normalized spacial score (nSPS) is 13.8. The van der Waals surface area contributed by atoms with Crippen molar-refractivity contribution in [3.05, 3.63) is 72.2 Å². The lowest BCUT2D eigenvalue weighted by atomic mass is 10.2. The molecule has 6 nitrogen and oxygen atoms in total. The number of halogens is 1. The van der Waals surface area contributed by atoms with Gasteiger partial charge in [-0.2, -0.15) is 0 Å². The predicted molar refractivity (Wildman–Crippen MR) is 114 cm³/mol. The fourth-order valence-corrected chi connectivity index (χ4v) is 4.25. The molecule has 0 unspecified atom stereocenters. The van der Waals surface area contributed by atoms with E-state index in [2.05, 4.69) is 25.8 Å². The highest BCUT2D eigenvalue weighted by atomic mass is 79.9. The van der Waals surface area contributed by atoms with Crippen LogP contribution in [0.1, 0.15) is 5.56 Å². The highest BCUT2D eigenvalue weighted by Gasteiger charge is 2.16. The first kappa shape index (κ1) is 18.8. The van der Waals surface area contributed by atoms with Crippen molar-refractivity contribution in [3.8, 4) is 11.5 Å². The minimum atomic E-state index is -0.0413. The van der Waals surface area contributed by atoms with E-state index in [9.17, 15) is 4.79 Å². The monoisotopic (exact) mass is 459 g/mol. The highest BCUT2D eigenvalue weighted by Crippen LogP contribution is 2.27. The molecule has 0 bridgehead atoms. The lowest BCUT2D eigenvalue weighted by molar-refractivity contribution is 0.355. The van der Waals surface area contributed by atoms with Crippen LogP contribution in [-0.2, 0) is 6.67 Å². The van der Waals surface area contributed by atoms with E-state index in [1.165, 1.54) is 11.3 Å². The number of anilines is 1. The second kappa shape index (κ2) is 7.81. The van der Waals surface area contributed by atoms with Gasteiger partial charge in [0.15, 0.2) is 16.3 Å². The quantitative estimate of drug-likeness (QED) is 0.601. The van der Waals surface area contributed by atoms with Crippen molar-refractivity contribution in [2.75, 3.05) is 25.8 Å². The minimum Gasteiger partial charge on any atom is -0.493 e. The maximum atomic E-state index is 12.9. The number of ether oxygens (including phenoxy) is 2. The van der Waals surface area contributed by atoms with Gasteiger partial charge in [0, 0.05) is 10.2 Å². The van der Waals surface area contributed by atoms with Crippen LogP contribution < -0.4 is 29.3 Å². The van der Waals surface area contributed by atoms with Gasteiger partial charge in [-0.15, -0.1) is 0 Å². The van der Waals surface area contributed by atoms with Crippen molar-refractivity contribution in [2.45, 2.75) is 6.67 Å². The summed E-state index contributed by atoms with van der Waals surface area (Å²) in [6.07, 6.45) is 1.86. The van der Waals surface area contributed by atoms with Crippen molar-refractivity contribution in [2.24, 2.45) is 4.99 Å². The van der Waals surface area contributed by atoms with E-state index in [4.69, 9.17) is 9.47 Å². The van der Waals surface area contributed by atoms with Gasteiger partial charge in [0.05, 0.1) is 18.8 Å². The minimum absolute atomic E-state index is 0.0413. The van der Waals surface area contributed by atoms with Gasteiger partial charge >= 0.3 is 0 Å². The number of hydrogen-bond acceptors (Lipinski definition) is 6. The van der Waals surface area contributed by atoms with Crippen LogP contribution in [0.5, 0.6) is 11.5 Å². The van der Waals surface area contributed by atoms with Crippen molar-refractivity contribution >= 4 is 39.0 Å². The Labute approximate surface area is 174 Å². The fraction of sp³-hybridized carbons (Fsp3) is 0.200. The van der Waals surface area contributed by atoms with E-state index in [0.29, 0.717) is 29.4 Å². The van der Waals surface area contributed by atoms with Gasteiger partial charge in [0.1, 0.15) is 13.3 Å². The molecule has 0 saturated heterocycles. The molecule has 0 aliphatic carbocycles. The van der Waals surface area contributed by atoms with Crippen LogP contribution in [0.4, 0.5) is 5.69 Å². The number of methoxy groups -OCH3 is 2. The Balaban J connectivity index is 1.69. The molecule has 0 fully saturated rings. The largest absolute Gasteiger partial charge is 0.493 e. The summed E-state index contributed by atoms with van der Waals surface area (Å²) in [6, 6.07) is 13.6. The third-order valence-corrected chi connectivity index (χ3v) is 6.05. The Morgan fingerprint density at radius 2 is 1.86 bits per heavy atom. The van der Waals surface area contributed by atoms with Crippen LogP contribution in [-0.4, -0.2) is 25.5 Å². The molecule has 28 heavy (non-hydrogen) atoms. The van der Waals surface area contributed by atoms with Crippen LogP contribution in [0.3, 0.4) is 0 Å². The molecule has 1 aliphatic heterocycles. The van der Waals surface area contributed by atoms with E-state index in [-0.39, 0.29) is 5.56 Å². The van der Waals surface area contributed by atoms with Crippen LogP contribution in [0, 0.1) is 0 Å². The SMILES string of the molecule is COc1ccc(/C=c2\sc3n(c2=O)CN(c2ccc(Br)cc2)CN=3)cc1OC. The lowest BCUT2D eigenvalue weighted by Gasteiger charge is -2.25. The smallest absolute Gasteiger partial charge is 0.271 e. The molecule has 0 saturated carbocycles. The Hall–Kier alpha value is -2.58. The molecule has 0 amide bonds. The van der Waals surface area contributed by atoms with Crippen molar-refractivity contribution in [1.82, 2.24) is 4.57 Å². The topological polar surface area (TPSA) is 56.1 Å². The molecule has 1 aliphatic rings. The van der Waals surface area contributed by atoms with Crippen molar-refractivity contribution in [3.63, 3.8) is 0 Å². The predicted octanol–water partition coefficient (Wildman–Crippen LogP) is 2.57. The molecule has 1 aromatic heterocycles. The first-order valence-corrected chi connectivity index (χ1v) is 10.2. The van der Waals surface area contributed by atoms with E-state index in [1.54, 1.807) is 18.8 Å². The lowest BCUT2D eigenvalue weighted by Crippen LogP contribution is -2.42. The average molecular weight is 460 g/mol. The third-order valence-electron chi connectivity index (χ3n) is 4.47. The van der Waals surface area contributed by atoms with Gasteiger partial charge in [-0.05, 0) is 48.0 Å². The molecule has 144 valence electrons. The Morgan fingerprint density at radius 1 is 1.11 bits per heavy atom. The first-order chi connectivity index (χ1) is 13.6. The summed E-state index contributed by atoms with van der Waals surface area (Å²) in [7, 11) is 3.19. The summed E-state index contributed by atoms with van der Waals surface area (Å²) in [5.41, 5.74) is 1.86.